The summed E-state index contributed by atoms with van der Waals surface area (Å²) in [6.45, 7) is 4.92. The molecule has 0 saturated heterocycles. The van der Waals surface area contributed by atoms with Gasteiger partial charge in [-0.2, -0.15) is 0 Å². The van der Waals surface area contributed by atoms with Gasteiger partial charge in [-0.3, -0.25) is 0 Å². The summed E-state index contributed by atoms with van der Waals surface area (Å²) in [7, 11) is 0. The molecule has 6 heteroatoms. The summed E-state index contributed by atoms with van der Waals surface area (Å²) in [5, 5.41) is 8.97. The number of nitrogens with one attached hydrogen (secondary N) is 1. The van der Waals surface area contributed by atoms with Crippen molar-refractivity contribution in [1.29, 1.82) is 0 Å². The van der Waals surface area contributed by atoms with Crippen molar-refractivity contribution in [2.75, 3.05) is 6.61 Å². The summed E-state index contributed by atoms with van der Waals surface area (Å²) >= 11 is 0. The maximum Gasteiger partial charge on any atom is 0.335 e. The smallest absolute Gasteiger partial charge is 0.335 e. The molecule has 0 saturated carbocycles. The van der Waals surface area contributed by atoms with E-state index in [9.17, 15) is 4.79 Å². The number of aryl methyl sites for hydroxylation is 1. The van der Waals surface area contributed by atoms with Crippen molar-refractivity contribution in [3.8, 4) is 5.75 Å². The molecule has 2 aromatic rings. The number of carboxylic acids is 1. The van der Waals surface area contributed by atoms with Gasteiger partial charge in [0.1, 0.15) is 0 Å². The Bertz CT molecular complexity index is 840. The Labute approximate surface area is 171 Å². The number of aromatic carboxylic acids is 1. The number of allylic oxidation sites excluding steroid dienone is 2. The molecule has 29 heavy (non-hydrogen) atoms. The van der Waals surface area contributed by atoms with Gasteiger partial charge in [0.25, 0.3) is 0 Å². The number of carbonyl (C=O) groups is 1. The highest BCUT2D eigenvalue weighted by molar-refractivity contribution is 5.87. The molecule has 0 aliphatic heterocycles. The Morgan fingerprint density at radius 3 is 2.28 bits per heavy atom. The minimum atomic E-state index is -0.980. The first kappa shape index (κ1) is 22.0. The number of nitrogens with two attached hydrogens (primary N) is 1. The first-order chi connectivity index (χ1) is 14.0. The summed E-state index contributed by atoms with van der Waals surface area (Å²) in [5.41, 5.74) is 12.8. The van der Waals surface area contributed by atoms with Crippen LogP contribution in [0.25, 0.3) is 0 Å². The van der Waals surface area contributed by atoms with E-state index in [0.29, 0.717) is 24.7 Å². The van der Waals surface area contributed by atoms with Crippen molar-refractivity contribution in [2.45, 2.75) is 33.3 Å². The third kappa shape index (κ3) is 7.35. The van der Waals surface area contributed by atoms with Crippen LogP contribution in [-0.2, 0) is 17.8 Å². The maximum absolute atomic E-state index is 10.9. The van der Waals surface area contributed by atoms with E-state index in [-0.39, 0.29) is 5.56 Å². The largest absolute Gasteiger partial charge is 0.478 e. The molecule has 0 bridgehead atoms. The molecule has 0 aliphatic rings. The quantitative estimate of drug-likeness (QED) is 0.390. The van der Waals surface area contributed by atoms with Crippen molar-refractivity contribution >= 4 is 5.97 Å². The van der Waals surface area contributed by atoms with E-state index in [1.807, 2.05) is 13.0 Å². The van der Waals surface area contributed by atoms with Crippen LogP contribution in [0.5, 0.6) is 5.75 Å². The summed E-state index contributed by atoms with van der Waals surface area (Å²) in [6, 6.07) is 14.5. The predicted molar refractivity (Wildman–Crippen MR) is 113 cm³/mol. The Balaban J connectivity index is 1.97. The molecule has 4 N–H and O–H groups in total. The molecule has 0 spiro atoms. The van der Waals surface area contributed by atoms with Crippen LogP contribution in [0.4, 0.5) is 0 Å². The first-order valence-electron chi connectivity index (χ1n) is 9.58. The second-order valence-corrected chi connectivity index (χ2v) is 6.46. The highest BCUT2D eigenvalue weighted by atomic mass is 16.6. The van der Waals surface area contributed by atoms with E-state index in [1.54, 1.807) is 18.3 Å². The van der Waals surface area contributed by atoms with E-state index in [2.05, 4.69) is 36.7 Å². The van der Waals surface area contributed by atoms with E-state index in [1.165, 1.54) is 17.7 Å². The predicted octanol–water partition coefficient (Wildman–Crippen LogP) is 4.18. The Morgan fingerprint density at radius 2 is 1.72 bits per heavy atom. The molecule has 0 amide bonds. The standard InChI is InChI=1S/C23H28N2O4/c1-3-17-5-7-19(8-6-17)15-28-16-21(13-18(4-2)14-24)25-29-22-11-9-20(10-12-22)23(26)27/h5-14,25H,3-4,15-16,24H2,1-2H3,(H,26,27)/b18-14-,21-13+. The van der Waals surface area contributed by atoms with Crippen molar-refractivity contribution < 1.29 is 19.5 Å². The fourth-order valence-electron chi connectivity index (χ4n) is 2.53. The van der Waals surface area contributed by atoms with Crippen LogP contribution in [0.2, 0.25) is 0 Å². The molecular formula is C23H28N2O4. The van der Waals surface area contributed by atoms with Gasteiger partial charge in [0.2, 0.25) is 0 Å². The van der Waals surface area contributed by atoms with E-state index < -0.39 is 5.97 Å². The number of hydroxylamine groups is 1. The Hall–Kier alpha value is -3.25. The Morgan fingerprint density at radius 1 is 1.07 bits per heavy atom. The van der Waals surface area contributed by atoms with Gasteiger partial charge in [-0.1, -0.05) is 38.1 Å². The molecule has 0 aliphatic carbocycles. The molecule has 2 rings (SSSR count). The van der Waals surface area contributed by atoms with Crippen molar-refractivity contribution in [3.63, 3.8) is 0 Å². The van der Waals surface area contributed by atoms with Crippen LogP contribution in [0.15, 0.2) is 72.1 Å². The van der Waals surface area contributed by atoms with E-state index in [0.717, 1.165) is 24.0 Å². The average Bonchev–Trinajstić information content (AvgIpc) is 2.76. The zero-order chi connectivity index (χ0) is 21.1. The fraction of sp³-hybridized carbons (Fsp3) is 0.261. The normalized spacial score (nSPS) is 11.9. The van der Waals surface area contributed by atoms with Crippen LogP contribution in [0.1, 0.15) is 41.8 Å². The van der Waals surface area contributed by atoms with E-state index in [4.69, 9.17) is 20.4 Å². The summed E-state index contributed by atoms with van der Waals surface area (Å²) in [4.78, 5) is 16.5. The summed E-state index contributed by atoms with van der Waals surface area (Å²) in [6.07, 6.45) is 5.21. The lowest BCUT2D eigenvalue weighted by atomic mass is 10.1. The number of rotatable bonds is 11. The second-order valence-electron chi connectivity index (χ2n) is 6.46. The molecule has 0 radical (unpaired) electrons. The molecule has 0 heterocycles. The van der Waals surface area contributed by atoms with Gasteiger partial charge >= 0.3 is 5.97 Å². The lowest BCUT2D eigenvalue weighted by Gasteiger charge is -2.14. The average molecular weight is 396 g/mol. The number of ether oxygens (including phenoxy) is 1. The summed E-state index contributed by atoms with van der Waals surface area (Å²) < 4.78 is 5.83. The highest BCUT2D eigenvalue weighted by Crippen LogP contribution is 2.13. The molecular weight excluding hydrogens is 368 g/mol. The minimum absolute atomic E-state index is 0.199. The number of hydrogen-bond donors (Lipinski definition) is 3. The highest BCUT2D eigenvalue weighted by Gasteiger charge is 2.05. The monoisotopic (exact) mass is 396 g/mol. The minimum Gasteiger partial charge on any atom is -0.478 e. The second kappa shape index (κ2) is 11.6. The summed E-state index contributed by atoms with van der Waals surface area (Å²) in [5.74, 6) is -0.489. The Kier molecular flexibility index (Phi) is 8.79. The SMILES string of the molecule is CCC(=C/N)/C=C(\COCc1ccc(CC)cc1)NOc1ccc(C(=O)O)cc1. The van der Waals surface area contributed by atoms with Gasteiger partial charge in [-0.05, 0) is 66.1 Å². The first-order valence-corrected chi connectivity index (χ1v) is 9.58. The molecule has 0 fully saturated rings. The third-order valence-electron chi connectivity index (χ3n) is 4.34. The van der Waals surface area contributed by atoms with Crippen molar-refractivity contribution in [3.05, 3.63) is 88.8 Å². The lowest BCUT2D eigenvalue weighted by molar-refractivity contribution is 0.0697. The molecule has 0 unspecified atom stereocenters. The molecule has 0 atom stereocenters. The molecule has 154 valence electrons. The van der Waals surface area contributed by atoms with Crippen LogP contribution >= 0.6 is 0 Å². The lowest BCUT2D eigenvalue weighted by Crippen LogP contribution is -2.22. The van der Waals surface area contributed by atoms with Crippen LogP contribution < -0.4 is 16.1 Å². The molecule has 0 aromatic heterocycles. The van der Waals surface area contributed by atoms with Gasteiger partial charge < -0.3 is 20.4 Å². The van der Waals surface area contributed by atoms with E-state index >= 15 is 0 Å². The van der Waals surface area contributed by atoms with Crippen molar-refractivity contribution in [2.24, 2.45) is 5.73 Å². The van der Waals surface area contributed by atoms with Gasteiger partial charge in [0, 0.05) is 0 Å². The molecule has 6 nitrogen and oxygen atoms in total. The number of carboxylic acid groups (broad SMARTS) is 1. The van der Waals surface area contributed by atoms with Gasteiger partial charge in [-0.25, -0.2) is 10.3 Å². The van der Waals surface area contributed by atoms with Crippen molar-refractivity contribution in [1.82, 2.24) is 5.48 Å². The molecule has 2 aromatic carbocycles. The zero-order valence-electron chi connectivity index (χ0n) is 16.9. The number of benzene rings is 2. The van der Waals surface area contributed by atoms with Gasteiger partial charge in [0.15, 0.2) is 5.75 Å². The fourth-order valence-corrected chi connectivity index (χ4v) is 2.53. The number of hydrogen-bond acceptors (Lipinski definition) is 5. The topological polar surface area (TPSA) is 93.8 Å². The van der Waals surface area contributed by atoms with Gasteiger partial charge in [-0.15, -0.1) is 0 Å². The van der Waals surface area contributed by atoms with Crippen LogP contribution in [0, 0.1) is 0 Å². The third-order valence-corrected chi connectivity index (χ3v) is 4.34. The van der Waals surface area contributed by atoms with Gasteiger partial charge in [0.05, 0.1) is 24.5 Å². The zero-order valence-corrected chi connectivity index (χ0v) is 16.9. The maximum atomic E-state index is 10.9. The van der Waals surface area contributed by atoms with Crippen LogP contribution in [0.3, 0.4) is 0 Å². The van der Waals surface area contributed by atoms with Crippen LogP contribution in [-0.4, -0.2) is 17.7 Å².